The van der Waals surface area contributed by atoms with Gasteiger partial charge in [0, 0.05) is 10.0 Å². The fourth-order valence-corrected chi connectivity index (χ4v) is 3.07. The molecule has 2 rings (SSSR count). The van der Waals surface area contributed by atoms with Gasteiger partial charge in [-0.15, -0.1) is 0 Å². The molecular formula is C18H20Cl2. The van der Waals surface area contributed by atoms with Crippen LogP contribution in [0.2, 0.25) is 10.0 Å². The van der Waals surface area contributed by atoms with Gasteiger partial charge < -0.3 is 0 Å². The smallest absolute Gasteiger partial charge is 0.0443 e. The Morgan fingerprint density at radius 1 is 0.950 bits per heavy atom. The van der Waals surface area contributed by atoms with Gasteiger partial charge in [-0.25, -0.2) is 0 Å². The maximum absolute atomic E-state index is 6.36. The minimum absolute atomic E-state index is 0.426. The van der Waals surface area contributed by atoms with Crippen molar-refractivity contribution in [2.45, 2.75) is 39.0 Å². The normalized spacial score (nSPS) is 12.7. The van der Waals surface area contributed by atoms with Crippen molar-refractivity contribution in [3.05, 3.63) is 69.2 Å². The molecule has 0 fully saturated rings. The van der Waals surface area contributed by atoms with Crippen molar-refractivity contribution in [3.63, 3.8) is 0 Å². The van der Waals surface area contributed by atoms with E-state index in [0.717, 1.165) is 16.5 Å². The van der Waals surface area contributed by atoms with Gasteiger partial charge in [-0.2, -0.15) is 0 Å². The zero-order chi connectivity index (χ0) is 14.7. The molecular weight excluding hydrogens is 287 g/mol. The number of hydrogen-bond donors (Lipinski definition) is 0. The Balaban J connectivity index is 2.16. The second kappa shape index (κ2) is 6.65. The van der Waals surface area contributed by atoms with Gasteiger partial charge in [0.25, 0.3) is 0 Å². The van der Waals surface area contributed by atoms with Gasteiger partial charge in [-0.1, -0.05) is 68.2 Å². The average Bonchev–Trinajstić information content (AvgIpc) is 2.38. The Hall–Kier alpha value is -0.980. The first-order valence-electron chi connectivity index (χ1n) is 7.01. The molecule has 0 aromatic heterocycles. The average molecular weight is 307 g/mol. The summed E-state index contributed by atoms with van der Waals surface area (Å²) < 4.78 is 0. The van der Waals surface area contributed by atoms with Crippen LogP contribution in [0.1, 0.15) is 49.3 Å². The van der Waals surface area contributed by atoms with E-state index in [1.165, 1.54) is 16.7 Å². The Bertz CT molecular complexity index is 588. The molecule has 2 aromatic rings. The third-order valence-electron chi connectivity index (χ3n) is 3.65. The fraction of sp³-hybridized carbons (Fsp3) is 0.333. The van der Waals surface area contributed by atoms with E-state index >= 15 is 0 Å². The molecule has 0 nitrogen and oxygen atoms in total. The second-order valence-electron chi connectivity index (χ2n) is 5.67. The fourth-order valence-electron chi connectivity index (χ4n) is 2.45. The molecule has 0 aliphatic heterocycles. The summed E-state index contributed by atoms with van der Waals surface area (Å²) >= 11 is 12.4. The van der Waals surface area contributed by atoms with E-state index in [0.29, 0.717) is 11.8 Å². The predicted octanol–water partition coefficient (Wildman–Crippen LogP) is 6.46. The van der Waals surface area contributed by atoms with Crippen LogP contribution in [0, 0.1) is 0 Å². The van der Waals surface area contributed by atoms with E-state index in [9.17, 15) is 0 Å². The lowest BCUT2D eigenvalue weighted by molar-refractivity contribution is 0.758. The SMILES string of the molecule is CC(C)c1ccc(CC(C)c2cccc(Cl)c2)cc1Cl. The van der Waals surface area contributed by atoms with E-state index in [1.54, 1.807) is 0 Å². The van der Waals surface area contributed by atoms with Gasteiger partial charge in [0.2, 0.25) is 0 Å². The first kappa shape index (κ1) is 15.4. The summed E-state index contributed by atoms with van der Waals surface area (Å²) in [7, 11) is 0. The predicted molar refractivity (Wildman–Crippen MR) is 89.1 cm³/mol. The van der Waals surface area contributed by atoms with Crippen molar-refractivity contribution in [3.8, 4) is 0 Å². The molecule has 2 heteroatoms. The Morgan fingerprint density at radius 2 is 1.70 bits per heavy atom. The zero-order valence-corrected chi connectivity index (χ0v) is 13.7. The lowest BCUT2D eigenvalue weighted by atomic mass is 9.92. The molecule has 0 N–H and O–H groups in total. The van der Waals surface area contributed by atoms with Crippen molar-refractivity contribution in [2.75, 3.05) is 0 Å². The zero-order valence-electron chi connectivity index (χ0n) is 12.2. The lowest BCUT2D eigenvalue weighted by Gasteiger charge is -2.14. The Kier molecular flexibility index (Phi) is 5.12. The van der Waals surface area contributed by atoms with Crippen LogP contribution in [0.25, 0.3) is 0 Å². The van der Waals surface area contributed by atoms with Crippen molar-refractivity contribution >= 4 is 23.2 Å². The highest BCUT2D eigenvalue weighted by Crippen LogP contribution is 2.28. The highest BCUT2D eigenvalue weighted by atomic mass is 35.5. The molecule has 0 radical (unpaired) electrons. The van der Waals surface area contributed by atoms with Gasteiger partial charge >= 0.3 is 0 Å². The minimum atomic E-state index is 0.426. The quantitative estimate of drug-likeness (QED) is 0.608. The maximum atomic E-state index is 6.36. The number of halogens is 2. The van der Waals surface area contributed by atoms with E-state index in [1.807, 2.05) is 18.2 Å². The summed E-state index contributed by atoms with van der Waals surface area (Å²) in [6.07, 6.45) is 0.971. The third kappa shape index (κ3) is 3.77. The minimum Gasteiger partial charge on any atom is -0.0843 e. The Labute approximate surface area is 131 Å². The molecule has 20 heavy (non-hydrogen) atoms. The van der Waals surface area contributed by atoms with Gasteiger partial charge in [-0.05, 0) is 53.1 Å². The molecule has 1 atom stereocenters. The van der Waals surface area contributed by atoms with Gasteiger partial charge in [-0.3, -0.25) is 0 Å². The van der Waals surface area contributed by atoms with E-state index in [2.05, 4.69) is 45.0 Å². The van der Waals surface area contributed by atoms with E-state index in [-0.39, 0.29) is 0 Å². The van der Waals surface area contributed by atoms with Crippen molar-refractivity contribution in [1.82, 2.24) is 0 Å². The Morgan fingerprint density at radius 3 is 2.30 bits per heavy atom. The monoisotopic (exact) mass is 306 g/mol. The van der Waals surface area contributed by atoms with Crippen LogP contribution in [0.5, 0.6) is 0 Å². The molecule has 0 heterocycles. The molecule has 0 amide bonds. The first-order valence-corrected chi connectivity index (χ1v) is 7.76. The summed E-state index contributed by atoms with van der Waals surface area (Å²) in [6.45, 7) is 6.54. The highest BCUT2D eigenvalue weighted by Gasteiger charge is 2.10. The van der Waals surface area contributed by atoms with Crippen LogP contribution in [-0.4, -0.2) is 0 Å². The summed E-state index contributed by atoms with van der Waals surface area (Å²) in [5, 5.41) is 1.67. The lowest BCUT2D eigenvalue weighted by Crippen LogP contribution is -1.99. The molecule has 0 saturated carbocycles. The molecule has 0 aliphatic carbocycles. The van der Waals surface area contributed by atoms with Crippen LogP contribution < -0.4 is 0 Å². The molecule has 0 bridgehead atoms. The van der Waals surface area contributed by atoms with E-state index < -0.39 is 0 Å². The van der Waals surface area contributed by atoms with Crippen LogP contribution in [-0.2, 0) is 6.42 Å². The molecule has 0 saturated heterocycles. The first-order chi connectivity index (χ1) is 9.47. The largest absolute Gasteiger partial charge is 0.0843 e. The topological polar surface area (TPSA) is 0 Å². The van der Waals surface area contributed by atoms with Crippen LogP contribution in [0.4, 0.5) is 0 Å². The number of rotatable bonds is 4. The van der Waals surface area contributed by atoms with Crippen molar-refractivity contribution in [2.24, 2.45) is 0 Å². The van der Waals surface area contributed by atoms with Crippen LogP contribution >= 0.6 is 23.2 Å². The van der Waals surface area contributed by atoms with Gasteiger partial charge in [0.1, 0.15) is 0 Å². The summed E-state index contributed by atoms with van der Waals surface area (Å²) in [5.74, 6) is 0.886. The van der Waals surface area contributed by atoms with Crippen molar-refractivity contribution < 1.29 is 0 Å². The van der Waals surface area contributed by atoms with Gasteiger partial charge in [0.05, 0.1) is 0 Å². The summed E-state index contributed by atoms with van der Waals surface area (Å²) in [6, 6.07) is 14.5. The molecule has 0 spiro atoms. The van der Waals surface area contributed by atoms with Crippen LogP contribution in [0.15, 0.2) is 42.5 Å². The summed E-state index contributed by atoms with van der Waals surface area (Å²) in [4.78, 5) is 0. The third-order valence-corrected chi connectivity index (χ3v) is 4.21. The molecule has 0 aliphatic rings. The standard InChI is InChI=1S/C18H20Cl2/c1-12(2)17-8-7-14(10-18(17)20)9-13(3)15-5-4-6-16(19)11-15/h4-8,10-13H,9H2,1-3H3. The summed E-state index contributed by atoms with van der Waals surface area (Å²) in [5.41, 5.74) is 3.75. The molecule has 106 valence electrons. The number of benzene rings is 2. The van der Waals surface area contributed by atoms with Crippen LogP contribution in [0.3, 0.4) is 0 Å². The molecule has 1 unspecified atom stereocenters. The van der Waals surface area contributed by atoms with E-state index in [4.69, 9.17) is 23.2 Å². The van der Waals surface area contributed by atoms with Crippen molar-refractivity contribution in [1.29, 1.82) is 0 Å². The second-order valence-corrected chi connectivity index (χ2v) is 6.51. The maximum Gasteiger partial charge on any atom is 0.0443 e. The van der Waals surface area contributed by atoms with Gasteiger partial charge in [0.15, 0.2) is 0 Å². The number of hydrogen-bond acceptors (Lipinski definition) is 0. The molecule has 2 aromatic carbocycles. The highest BCUT2D eigenvalue weighted by molar-refractivity contribution is 6.31.